The van der Waals surface area contributed by atoms with Gasteiger partial charge in [-0.25, -0.2) is 4.39 Å². The van der Waals surface area contributed by atoms with Crippen LogP contribution in [0.25, 0.3) is 0 Å². The summed E-state index contributed by atoms with van der Waals surface area (Å²) in [5, 5.41) is 13.1. The fourth-order valence-corrected chi connectivity index (χ4v) is 1.68. The van der Waals surface area contributed by atoms with Crippen LogP contribution in [-0.4, -0.2) is 30.9 Å². The van der Waals surface area contributed by atoms with E-state index in [-0.39, 0.29) is 11.9 Å². The molecular formula is C11H14FNO2. The fraction of sp³-hybridized carbons (Fsp3) is 0.455. The van der Waals surface area contributed by atoms with E-state index in [0.717, 1.165) is 6.54 Å². The molecule has 1 aliphatic heterocycles. The highest BCUT2D eigenvalue weighted by Crippen LogP contribution is 2.18. The molecule has 0 spiro atoms. The zero-order chi connectivity index (χ0) is 10.7. The van der Waals surface area contributed by atoms with Gasteiger partial charge in [-0.1, -0.05) is 12.1 Å². The van der Waals surface area contributed by atoms with Gasteiger partial charge in [-0.05, 0) is 17.7 Å². The third kappa shape index (κ3) is 2.53. The smallest absolute Gasteiger partial charge is 0.123 e. The lowest BCUT2D eigenvalue weighted by molar-refractivity contribution is 0.0177. The number of benzene rings is 1. The molecule has 1 aromatic carbocycles. The largest absolute Gasteiger partial charge is 0.387 e. The van der Waals surface area contributed by atoms with Gasteiger partial charge in [0.15, 0.2) is 0 Å². The number of aliphatic hydroxyl groups excluding tert-OH is 1. The summed E-state index contributed by atoms with van der Waals surface area (Å²) in [6.07, 6.45) is -0.647. The number of hydrogen-bond donors (Lipinski definition) is 2. The lowest BCUT2D eigenvalue weighted by atomic mass is 10.0. The molecule has 3 nitrogen and oxygen atoms in total. The molecule has 2 atom stereocenters. The van der Waals surface area contributed by atoms with E-state index >= 15 is 0 Å². The van der Waals surface area contributed by atoms with Crippen LogP contribution in [0.2, 0.25) is 0 Å². The number of nitrogens with one attached hydrogen (secondary N) is 1. The Balaban J connectivity index is 2.05. The lowest BCUT2D eigenvalue weighted by Crippen LogP contribution is -2.45. The number of morpholine rings is 1. The van der Waals surface area contributed by atoms with Crippen molar-refractivity contribution in [3.05, 3.63) is 35.6 Å². The Kier molecular flexibility index (Phi) is 3.30. The number of halogens is 1. The number of rotatable bonds is 2. The average molecular weight is 211 g/mol. The second-order valence-electron chi connectivity index (χ2n) is 3.63. The Morgan fingerprint density at radius 3 is 2.73 bits per heavy atom. The first-order valence-electron chi connectivity index (χ1n) is 5.02. The van der Waals surface area contributed by atoms with Crippen molar-refractivity contribution >= 4 is 0 Å². The standard InChI is InChI=1S/C11H14FNO2/c12-9-3-1-8(2-4-9)11(14)10-7-15-6-5-13-10/h1-4,10-11,13-14H,5-7H2. The van der Waals surface area contributed by atoms with Gasteiger partial charge in [0.1, 0.15) is 5.82 Å². The summed E-state index contributed by atoms with van der Waals surface area (Å²) in [6.45, 7) is 1.90. The van der Waals surface area contributed by atoms with Crippen LogP contribution in [-0.2, 0) is 4.74 Å². The van der Waals surface area contributed by atoms with E-state index in [1.54, 1.807) is 12.1 Å². The highest BCUT2D eigenvalue weighted by atomic mass is 19.1. The molecular weight excluding hydrogens is 197 g/mol. The molecule has 0 bridgehead atoms. The minimum Gasteiger partial charge on any atom is -0.387 e. The van der Waals surface area contributed by atoms with E-state index < -0.39 is 6.10 Å². The molecule has 0 aromatic heterocycles. The Morgan fingerprint density at radius 1 is 1.40 bits per heavy atom. The van der Waals surface area contributed by atoms with Gasteiger partial charge in [0.2, 0.25) is 0 Å². The van der Waals surface area contributed by atoms with Crippen LogP contribution >= 0.6 is 0 Å². The van der Waals surface area contributed by atoms with Crippen LogP contribution in [0.3, 0.4) is 0 Å². The Morgan fingerprint density at radius 2 is 2.13 bits per heavy atom. The maximum Gasteiger partial charge on any atom is 0.123 e. The van der Waals surface area contributed by atoms with Crippen molar-refractivity contribution in [3.63, 3.8) is 0 Å². The van der Waals surface area contributed by atoms with E-state index in [2.05, 4.69) is 5.32 Å². The van der Waals surface area contributed by atoms with E-state index in [1.165, 1.54) is 12.1 Å². The van der Waals surface area contributed by atoms with Crippen molar-refractivity contribution in [2.45, 2.75) is 12.1 Å². The van der Waals surface area contributed by atoms with Crippen molar-refractivity contribution in [2.75, 3.05) is 19.8 Å². The third-order valence-corrected chi connectivity index (χ3v) is 2.54. The molecule has 0 amide bonds. The van der Waals surface area contributed by atoms with Gasteiger partial charge < -0.3 is 15.2 Å². The van der Waals surface area contributed by atoms with E-state index in [9.17, 15) is 9.50 Å². The quantitative estimate of drug-likeness (QED) is 0.762. The molecule has 2 unspecified atom stereocenters. The Hall–Kier alpha value is -0.970. The zero-order valence-corrected chi connectivity index (χ0v) is 8.32. The average Bonchev–Trinajstić information content (AvgIpc) is 2.30. The van der Waals surface area contributed by atoms with Gasteiger partial charge in [-0.2, -0.15) is 0 Å². The van der Waals surface area contributed by atoms with Crippen LogP contribution in [0.5, 0.6) is 0 Å². The van der Waals surface area contributed by atoms with Gasteiger partial charge in [0.05, 0.1) is 25.4 Å². The minimum atomic E-state index is -0.647. The normalized spacial score (nSPS) is 23.7. The molecule has 15 heavy (non-hydrogen) atoms. The maximum atomic E-state index is 12.7. The first-order chi connectivity index (χ1) is 7.27. The summed E-state index contributed by atoms with van der Waals surface area (Å²) in [5.41, 5.74) is 0.708. The van der Waals surface area contributed by atoms with Gasteiger partial charge in [-0.3, -0.25) is 0 Å². The highest BCUT2D eigenvalue weighted by Gasteiger charge is 2.22. The second kappa shape index (κ2) is 4.70. The molecule has 2 N–H and O–H groups in total. The molecule has 82 valence electrons. The molecule has 1 saturated heterocycles. The SMILES string of the molecule is OC(c1ccc(F)cc1)C1COCCN1. The van der Waals surface area contributed by atoms with Crippen LogP contribution in [0, 0.1) is 5.82 Å². The predicted octanol–water partition coefficient (Wildman–Crippen LogP) is 0.847. The van der Waals surface area contributed by atoms with Crippen LogP contribution < -0.4 is 5.32 Å². The third-order valence-electron chi connectivity index (χ3n) is 2.54. The number of aliphatic hydroxyl groups is 1. The molecule has 1 aromatic rings. The van der Waals surface area contributed by atoms with Gasteiger partial charge in [-0.15, -0.1) is 0 Å². The lowest BCUT2D eigenvalue weighted by Gasteiger charge is -2.28. The van der Waals surface area contributed by atoms with Crippen molar-refractivity contribution < 1.29 is 14.2 Å². The second-order valence-corrected chi connectivity index (χ2v) is 3.63. The predicted molar refractivity (Wildman–Crippen MR) is 54.0 cm³/mol. The van der Waals surface area contributed by atoms with E-state index in [0.29, 0.717) is 18.8 Å². The molecule has 2 rings (SSSR count). The molecule has 0 radical (unpaired) electrons. The first kappa shape index (κ1) is 10.5. The van der Waals surface area contributed by atoms with Crippen molar-refractivity contribution in [3.8, 4) is 0 Å². The first-order valence-corrected chi connectivity index (χ1v) is 5.02. The van der Waals surface area contributed by atoms with E-state index in [1.807, 2.05) is 0 Å². The number of ether oxygens (including phenoxy) is 1. The fourth-order valence-electron chi connectivity index (χ4n) is 1.68. The van der Waals surface area contributed by atoms with Gasteiger partial charge in [0.25, 0.3) is 0 Å². The summed E-state index contributed by atoms with van der Waals surface area (Å²) < 4.78 is 17.9. The summed E-state index contributed by atoms with van der Waals surface area (Å²) in [6, 6.07) is 5.78. The van der Waals surface area contributed by atoms with Crippen molar-refractivity contribution in [2.24, 2.45) is 0 Å². The van der Waals surface area contributed by atoms with Crippen LogP contribution in [0.4, 0.5) is 4.39 Å². The van der Waals surface area contributed by atoms with Crippen LogP contribution in [0.15, 0.2) is 24.3 Å². The molecule has 1 heterocycles. The minimum absolute atomic E-state index is 0.107. The topological polar surface area (TPSA) is 41.5 Å². The van der Waals surface area contributed by atoms with Gasteiger partial charge in [0, 0.05) is 6.54 Å². The maximum absolute atomic E-state index is 12.7. The molecule has 4 heteroatoms. The molecule has 0 saturated carbocycles. The van der Waals surface area contributed by atoms with Gasteiger partial charge >= 0.3 is 0 Å². The number of hydrogen-bond acceptors (Lipinski definition) is 3. The Labute approximate surface area is 87.9 Å². The van der Waals surface area contributed by atoms with E-state index in [4.69, 9.17) is 4.74 Å². The van der Waals surface area contributed by atoms with Crippen molar-refractivity contribution in [1.82, 2.24) is 5.32 Å². The molecule has 1 aliphatic rings. The van der Waals surface area contributed by atoms with Crippen molar-refractivity contribution in [1.29, 1.82) is 0 Å². The molecule has 0 aliphatic carbocycles. The molecule has 1 fully saturated rings. The Bertz CT molecular complexity index is 309. The summed E-state index contributed by atoms with van der Waals surface area (Å²) in [5.74, 6) is -0.293. The highest BCUT2D eigenvalue weighted by molar-refractivity contribution is 5.20. The monoisotopic (exact) mass is 211 g/mol. The zero-order valence-electron chi connectivity index (χ0n) is 8.32. The summed E-state index contributed by atoms with van der Waals surface area (Å²) in [7, 11) is 0. The summed E-state index contributed by atoms with van der Waals surface area (Å²) in [4.78, 5) is 0. The summed E-state index contributed by atoms with van der Waals surface area (Å²) >= 11 is 0. The van der Waals surface area contributed by atoms with Crippen LogP contribution in [0.1, 0.15) is 11.7 Å².